The predicted molar refractivity (Wildman–Crippen MR) is 250 cm³/mol. The Morgan fingerprint density at radius 3 is 1.97 bits per heavy atom. The minimum absolute atomic E-state index is 0.0404. The lowest BCUT2D eigenvalue weighted by Crippen LogP contribution is -2.61. The Kier molecular flexibility index (Phi) is 6.15. The van der Waals surface area contributed by atoms with Crippen molar-refractivity contribution in [2.24, 2.45) is 0 Å². The van der Waals surface area contributed by atoms with E-state index in [1.165, 1.54) is 66.5 Å². The van der Waals surface area contributed by atoms with Crippen LogP contribution >= 0.6 is 0 Å². The lowest BCUT2D eigenvalue weighted by atomic mass is 9.33. The molecular formula is C55H35BN2O2. The van der Waals surface area contributed by atoms with E-state index < -0.39 is 0 Å². The third kappa shape index (κ3) is 4.06. The third-order valence-corrected chi connectivity index (χ3v) is 13.8. The van der Waals surface area contributed by atoms with Crippen LogP contribution in [0.15, 0.2) is 185 Å². The first kappa shape index (κ1) is 32.5. The molecule has 0 bridgehead atoms. The van der Waals surface area contributed by atoms with Crippen LogP contribution < -0.4 is 26.2 Å². The quantitative estimate of drug-likeness (QED) is 0.164. The van der Waals surface area contributed by atoms with Gasteiger partial charge in [0.15, 0.2) is 5.58 Å². The minimum Gasteiger partial charge on any atom is -0.456 e. The van der Waals surface area contributed by atoms with E-state index >= 15 is 0 Å². The molecule has 0 spiro atoms. The number of rotatable bonds is 2. The van der Waals surface area contributed by atoms with Crippen LogP contribution in [0.4, 0.5) is 34.1 Å². The number of furan rings is 2. The van der Waals surface area contributed by atoms with E-state index in [1.54, 1.807) is 0 Å². The zero-order valence-electron chi connectivity index (χ0n) is 33.0. The Balaban J connectivity index is 1.01. The van der Waals surface area contributed by atoms with Crippen molar-refractivity contribution in [3.63, 3.8) is 0 Å². The predicted octanol–water partition coefficient (Wildman–Crippen LogP) is 13.0. The second-order valence-electron chi connectivity index (χ2n) is 17.2. The van der Waals surface area contributed by atoms with E-state index in [1.807, 2.05) is 0 Å². The van der Waals surface area contributed by atoms with E-state index in [0.717, 1.165) is 60.9 Å². The summed E-state index contributed by atoms with van der Waals surface area (Å²) < 4.78 is 13.5. The highest BCUT2D eigenvalue weighted by atomic mass is 16.3. The van der Waals surface area contributed by atoms with Gasteiger partial charge in [-0.15, -0.1) is 0 Å². The van der Waals surface area contributed by atoms with Crippen molar-refractivity contribution < 1.29 is 8.83 Å². The van der Waals surface area contributed by atoms with Gasteiger partial charge in [0.1, 0.15) is 16.7 Å². The number of fused-ring (bicyclic) bond motifs is 15. The molecule has 5 heteroatoms. The molecule has 0 radical (unpaired) electrons. The second-order valence-corrected chi connectivity index (χ2v) is 17.2. The van der Waals surface area contributed by atoms with Gasteiger partial charge in [-0.05, 0) is 116 Å². The molecule has 0 amide bonds. The van der Waals surface area contributed by atoms with Gasteiger partial charge < -0.3 is 18.6 Å². The Morgan fingerprint density at radius 1 is 0.433 bits per heavy atom. The largest absolute Gasteiger partial charge is 0.456 e. The van der Waals surface area contributed by atoms with Crippen LogP contribution in [0.2, 0.25) is 0 Å². The van der Waals surface area contributed by atoms with Gasteiger partial charge in [-0.1, -0.05) is 123 Å². The van der Waals surface area contributed by atoms with Crippen LogP contribution in [-0.4, -0.2) is 6.71 Å². The lowest BCUT2D eigenvalue weighted by Gasteiger charge is -2.43. The standard InChI is InChI=1S/C55H35BN2O2/c1-55(2)40-17-6-5-15-35(40)37-30-38-36-16-11-24-48(54(36)60-51(38)31-41(37)55)58-45-21-10-8-19-43(45)56-42-18-7-9-20-44(42)57(46-22-12-23-47(58)53(46)56)33-26-28-49-39(29-33)52-34-14-4-3-13-32(34)25-27-50(52)59-49/h3-31H,1-2H3. The molecule has 1 aliphatic carbocycles. The highest BCUT2D eigenvalue weighted by Gasteiger charge is 2.43. The molecule has 14 rings (SSSR count). The van der Waals surface area contributed by atoms with E-state index in [4.69, 9.17) is 8.83 Å². The molecule has 9 aromatic carbocycles. The number of benzene rings is 9. The molecule has 0 saturated heterocycles. The summed E-state index contributed by atoms with van der Waals surface area (Å²) in [4.78, 5) is 4.91. The molecule has 0 saturated carbocycles. The summed E-state index contributed by atoms with van der Waals surface area (Å²) in [5.74, 6) is 0. The van der Waals surface area contributed by atoms with Crippen molar-refractivity contribution >= 4 is 112 Å². The van der Waals surface area contributed by atoms with Crippen molar-refractivity contribution in [1.29, 1.82) is 0 Å². The molecule has 0 unspecified atom stereocenters. The van der Waals surface area contributed by atoms with Gasteiger partial charge in [0.25, 0.3) is 6.71 Å². The molecule has 280 valence electrons. The summed E-state index contributed by atoms with van der Waals surface area (Å²) in [7, 11) is 0. The molecule has 2 aliphatic heterocycles. The number of para-hydroxylation sites is 3. The maximum absolute atomic E-state index is 7.07. The second kappa shape index (κ2) is 11.4. The molecule has 0 atom stereocenters. The van der Waals surface area contributed by atoms with Crippen LogP contribution in [0.25, 0.3) is 65.8 Å². The first-order chi connectivity index (χ1) is 29.5. The topological polar surface area (TPSA) is 32.8 Å². The fourth-order valence-electron chi connectivity index (χ4n) is 11.2. The number of hydrogen-bond donors (Lipinski definition) is 0. The highest BCUT2D eigenvalue weighted by molar-refractivity contribution is 7.00. The van der Waals surface area contributed by atoms with Crippen molar-refractivity contribution in [3.05, 3.63) is 187 Å². The molecule has 2 aromatic heterocycles. The molecule has 0 N–H and O–H groups in total. The van der Waals surface area contributed by atoms with Crippen molar-refractivity contribution in [2.75, 3.05) is 9.80 Å². The molecule has 60 heavy (non-hydrogen) atoms. The summed E-state index contributed by atoms with van der Waals surface area (Å²) in [6.45, 7) is 4.70. The SMILES string of the molecule is CC1(C)c2ccccc2-c2cc3c(cc21)oc1c(N2c4ccccc4B4c5ccccc5N(c5ccc6oc7ccc8ccccc8c7c6c5)c5cccc2c54)cccc13. The first-order valence-electron chi connectivity index (χ1n) is 20.9. The number of nitrogens with zero attached hydrogens (tertiary/aromatic N) is 2. The first-order valence-corrected chi connectivity index (χ1v) is 20.9. The smallest absolute Gasteiger partial charge is 0.252 e. The Morgan fingerprint density at radius 2 is 1.10 bits per heavy atom. The van der Waals surface area contributed by atoms with Crippen molar-refractivity contribution in [1.82, 2.24) is 0 Å². The maximum Gasteiger partial charge on any atom is 0.252 e. The van der Waals surface area contributed by atoms with Crippen LogP contribution in [0.5, 0.6) is 0 Å². The molecular weight excluding hydrogens is 731 g/mol. The normalized spacial score (nSPS) is 14.5. The summed E-state index contributed by atoms with van der Waals surface area (Å²) >= 11 is 0. The molecule has 4 heterocycles. The van der Waals surface area contributed by atoms with Crippen LogP contribution in [-0.2, 0) is 5.41 Å². The Hall–Kier alpha value is -7.50. The average molecular weight is 767 g/mol. The lowest BCUT2D eigenvalue weighted by molar-refractivity contribution is 0.647. The molecule has 0 fully saturated rings. The van der Waals surface area contributed by atoms with Crippen LogP contribution in [0.3, 0.4) is 0 Å². The van der Waals surface area contributed by atoms with E-state index in [2.05, 4.69) is 200 Å². The van der Waals surface area contributed by atoms with E-state index in [-0.39, 0.29) is 12.1 Å². The maximum atomic E-state index is 7.07. The zero-order valence-corrected chi connectivity index (χ0v) is 33.0. The summed E-state index contributed by atoms with van der Waals surface area (Å²) in [5.41, 5.74) is 19.4. The van der Waals surface area contributed by atoms with Crippen molar-refractivity contribution in [3.8, 4) is 11.1 Å². The average Bonchev–Trinajstić information content (AvgIpc) is 3.93. The van der Waals surface area contributed by atoms with Gasteiger partial charge in [-0.3, -0.25) is 0 Å². The zero-order chi connectivity index (χ0) is 39.4. The minimum atomic E-state index is -0.114. The molecule has 11 aromatic rings. The molecule has 3 aliphatic rings. The Labute approximate surface area is 346 Å². The summed E-state index contributed by atoms with van der Waals surface area (Å²) in [6, 6.07) is 64.4. The summed E-state index contributed by atoms with van der Waals surface area (Å²) in [5, 5.41) is 6.94. The summed E-state index contributed by atoms with van der Waals surface area (Å²) in [6.07, 6.45) is 0. The van der Waals surface area contributed by atoms with Gasteiger partial charge in [-0.25, -0.2) is 0 Å². The van der Waals surface area contributed by atoms with Gasteiger partial charge in [0.2, 0.25) is 0 Å². The van der Waals surface area contributed by atoms with E-state index in [0.29, 0.717) is 0 Å². The fraction of sp³-hybridized carbons (Fsp3) is 0.0545. The molecule has 4 nitrogen and oxygen atoms in total. The highest BCUT2D eigenvalue weighted by Crippen LogP contribution is 2.52. The van der Waals surface area contributed by atoms with E-state index in [9.17, 15) is 0 Å². The van der Waals surface area contributed by atoms with Crippen LogP contribution in [0, 0.1) is 0 Å². The third-order valence-electron chi connectivity index (χ3n) is 13.8. The van der Waals surface area contributed by atoms with Crippen LogP contribution in [0.1, 0.15) is 25.0 Å². The van der Waals surface area contributed by atoms with Gasteiger partial charge in [0, 0.05) is 55.4 Å². The Bertz CT molecular complexity index is 3690. The van der Waals surface area contributed by atoms with Crippen molar-refractivity contribution in [2.45, 2.75) is 19.3 Å². The fourth-order valence-corrected chi connectivity index (χ4v) is 11.2. The number of hydrogen-bond acceptors (Lipinski definition) is 4. The van der Waals surface area contributed by atoms with Gasteiger partial charge in [-0.2, -0.15) is 0 Å². The monoisotopic (exact) mass is 766 g/mol. The van der Waals surface area contributed by atoms with Gasteiger partial charge >= 0.3 is 0 Å². The number of anilines is 6. The van der Waals surface area contributed by atoms with Gasteiger partial charge in [0.05, 0.1) is 5.69 Å².